The zero-order valence-electron chi connectivity index (χ0n) is 11.6. The maximum Gasteiger partial charge on any atom is 0.118 e. The lowest BCUT2D eigenvalue weighted by Crippen LogP contribution is -2.20. The Labute approximate surface area is 137 Å². The molecule has 0 saturated carbocycles. The quantitative estimate of drug-likeness (QED) is 0.839. The second-order valence-electron chi connectivity index (χ2n) is 4.76. The molecule has 0 amide bonds. The number of benzene rings is 2. The molecule has 21 heavy (non-hydrogen) atoms. The molecule has 2 aromatic rings. The first-order valence-corrected chi connectivity index (χ1v) is 7.70. The summed E-state index contributed by atoms with van der Waals surface area (Å²) in [6.07, 6.45) is -0.724. The normalized spacial score (nSPS) is 13.8. The number of halogens is 2. The van der Waals surface area contributed by atoms with E-state index in [1.807, 2.05) is 30.3 Å². The Kier molecular flexibility index (Phi) is 5.65. The predicted molar refractivity (Wildman–Crippen MR) is 88.9 cm³/mol. The minimum Gasteiger partial charge on any atom is -0.497 e. The third-order valence-electron chi connectivity index (χ3n) is 3.41. The maximum absolute atomic E-state index is 10.6. The van der Waals surface area contributed by atoms with Crippen molar-refractivity contribution in [1.29, 1.82) is 0 Å². The van der Waals surface area contributed by atoms with Gasteiger partial charge < -0.3 is 15.6 Å². The van der Waals surface area contributed by atoms with Crippen LogP contribution in [-0.4, -0.2) is 18.8 Å². The highest BCUT2D eigenvalue weighted by molar-refractivity contribution is 9.10. The van der Waals surface area contributed by atoms with E-state index in [0.717, 1.165) is 21.3 Å². The first-order valence-electron chi connectivity index (χ1n) is 6.53. The molecule has 3 N–H and O–H groups in total. The summed E-state index contributed by atoms with van der Waals surface area (Å²) in [5.74, 6) is 0.566. The zero-order valence-corrected chi connectivity index (χ0v) is 13.9. The summed E-state index contributed by atoms with van der Waals surface area (Å²) >= 11 is 9.42. The molecule has 0 bridgehead atoms. The maximum atomic E-state index is 10.6. The second kappa shape index (κ2) is 7.27. The van der Waals surface area contributed by atoms with Gasteiger partial charge in [0.25, 0.3) is 0 Å². The van der Waals surface area contributed by atoms with Gasteiger partial charge in [-0.15, -0.1) is 0 Å². The number of rotatable bonds is 5. The summed E-state index contributed by atoms with van der Waals surface area (Å²) in [7, 11) is 1.62. The lowest BCUT2D eigenvalue weighted by molar-refractivity contribution is 0.147. The minimum absolute atomic E-state index is 0.207. The highest BCUT2D eigenvalue weighted by Crippen LogP contribution is 2.33. The summed E-state index contributed by atoms with van der Waals surface area (Å²) in [5, 5.41) is 11.2. The molecule has 0 aliphatic heterocycles. The molecule has 5 heteroatoms. The molecule has 0 heterocycles. The highest BCUT2D eigenvalue weighted by atomic mass is 79.9. The van der Waals surface area contributed by atoms with Gasteiger partial charge >= 0.3 is 0 Å². The fourth-order valence-electron chi connectivity index (χ4n) is 2.28. The molecule has 0 fully saturated rings. The monoisotopic (exact) mass is 369 g/mol. The first-order chi connectivity index (χ1) is 10.0. The van der Waals surface area contributed by atoms with E-state index in [4.69, 9.17) is 22.1 Å². The van der Waals surface area contributed by atoms with Gasteiger partial charge in [0, 0.05) is 22.0 Å². The average molecular weight is 371 g/mol. The van der Waals surface area contributed by atoms with Gasteiger partial charge in [0.2, 0.25) is 0 Å². The van der Waals surface area contributed by atoms with Crippen LogP contribution in [0.5, 0.6) is 5.75 Å². The smallest absolute Gasteiger partial charge is 0.118 e. The van der Waals surface area contributed by atoms with Crippen molar-refractivity contribution in [2.45, 2.75) is 12.0 Å². The minimum atomic E-state index is -0.724. The van der Waals surface area contributed by atoms with E-state index >= 15 is 0 Å². The van der Waals surface area contributed by atoms with Crippen molar-refractivity contribution in [3.63, 3.8) is 0 Å². The second-order valence-corrected chi connectivity index (χ2v) is 6.12. The standard InChI is InChI=1S/C16H17BrClNO2/c1-21-14-4-2-10(3-5-14)15(9-19)16(20)11-6-12(17)8-13(18)7-11/h2-8,15-16,20H,9,19H2,1H3. The van der Waals surface area contributed by atoms with Crippen LogP contribution in [0.3, 0.4) is 0 Å². The Morgan fingerprint density at radius 3 is 2.38 bits per heavy atom. The fourth-order valence-corrected chi connectivity index (χ4v) is 3.16. The van der Waals surface area contributed by atoms with Crippen molar-refractivity contribution < 1.29 is 9.84 Å². The van der Waals surface area contributed by atoms with Crippen molar-refractivity contribution in [3.05, 3.63) is 63.1 Å². The molecule has 0 saturated heterocycles. The number of methoxy groups -OCH3 is 1. The molecule has 0 spiro atoms. The van der Waals surface area contributed by atoms with Crippen LogP contribution in [0.2, 0.25) is 5.02 Å². The van der Waals surface area contributed by atoms with E-state index in [9.17, 15) is 5.11 Å². The van der Waals surface area contributed by atoms with E-state index in [-0.39, 0.29) is 5.92 Å². The van der Waals surface area contributed by atoms with Crippen molar-refractivity contribution in [2.75, 3.05) is 13.7 Å². The molecule has 0 radical (unpaired) electrons. The number of ether oxygens (including phenoxy) is 1. The number of aliphatic hydroxyl groups is 1. The Morgan fingerprint density at radius 1 is 1.19 bits per heavy atom. The van der Waals surface area contributed by atoms with Gasteiger partial charge in [0.1, 0.15) is 5.75 Å². The molecule has 112 valence electrons. The summed E-state index contributed by atoms with van der Waals surface area (Å²) in [5.41, 5.74) is 7.55. The number of hydrogen-bond donors (Lipinski definition) is 2. The summed E-state index contributed by atoms with van der Waals surface area (Å²) in [4.78, 5) is 0. The van der Waals surface area contributed by atoms with E-state index in [1.54, 1.807) is 19.2 Å². The Balaban J connectivity index is 2.30. The van der Waals surface area contributed by atoms with Crippen LogP contribution < -0.4 is 10.5 Å². The Morgan fingerprint density at radius 2 is 1.86 bits per heavy atom. The van der Waals surface area contributed by atoms with Gasteiger partial charge in [0.15, 0.2) is 0 Å². The van der Waals surface area contributed by atoms with E-state index < -0.39 is 6.10 Å². The van der Waals surface area contributed by atoms with E-state index in [0.29, 0.717) is 11.6 Å². The van der Waals surface area contributed by atoms with Crippen molar-refractivity contribution in [2.24, 2.45) is 5.73 Å². The Bertz CT molecular complexity index is 583. The van der Waals surface area contributed by atoms with Crippen LogP contribution in [0.4, 0.5) is 0 Å². The molecular formula is C16H17BrClNO2. The summed E-state index contributed by atoms with van der Waals surface area (Å²) in [6.45, 7) is 0.331. The molecule has 0 aliphatic carbocycles. The van der Waals surface area contributed by atoms with Crippen molar-refractivity contribution in [3.8, 4) is 5.75 Å². The largest absolute Gasteiger partial charge is 0.497 e. The van der Waals surface area contributed by atoms with E-state index in [1.165, 1.54) is 0 Å². The first kappa shape index (κ1) is 16.3. The third-order valence-corrected chi connectivity index (χ3v) is 4.08. The lowest BCUT2D eigenvalue weighted by Gasteiger charge is -2.23. The summed E-state index contributed by atoms with van der Waals surface area (Å²) < 4.78 is 5.97. The van der Waals surface area contributed by atoms with Crippen LogP contribution in [0.25, 0.3) is 0 Å². The summed E-state index contributed by atoms with van der Waals surface area (Å²) in [6, 6.07) is 12.9. The lowest BCUT2D eigenvalue weighted by atomic mass is 9.89. The number of hydrogen-bond acceptors (Lipinski definition) is 3. The SMILES string of the molecule is COc1ccc(C(CN)C(O)c2cc(Cl)cc(Br)c2)cc1. The van der Waals surface area contributed by atoms with Gasteiger partial charge in [-0.3, -0.25) is 0 Å². The van der Waals surface area contributed by atoms with Gasteiger partial charge in [0.05, 0.1) is 13.2 Å². The van der Waals surface area contributed by atoms with Gasteiger partial charge in [-0.2, -0.15) is 0 Å². The molecule has 2 aromatic carbocycles. The molecule has 2 atom stereocenters. The van der Waals surface area contributed by atoms with Crippen LogP contribution in [0, 0.1) is 0 Å². The molecule has 2 rings (SSSR count). The molecule has 0 aromatic heterocycles. The molecule has 2 unspecified atom stereocenters. The molecule has 0 aliphatic rings. The van der Waals surface area contributed by atoms with Gasteiger partial charge in [-0.25, -0.2) is 0 Å². The third kappa shape index (κ3) is 3.98. The predicted octanol–water partition coefficient (Wildman–Crippen LogP) is 3.89. The van der Waals surface area contributed by atoms with Crippen molar-refractivity contribution in [1.82, 2.24) is 0 Å². The molecule has 3 nitrogen and oxygen atoms in total. The van der Waals surface area contributed by atoms with E-state index in [2.05, 4.69) is 15.9 Å². The van der Waals surface area contributed by atoms with Crippen LogP contribution in [0.1, 0.15) is 23.1 Å². The van der Waals surface area contributed by atoms with Crippen LogP contribution in [-0.2, 0) is 0 Å². The topological polar surface area (TPSA) is 55.5 Å². The highest BCUT2D eigenvalue weighted by Gasteiger charge is 2.22. The fraction of sp³-hybridized carbons (Fsp3) is 0.250. The van der Waals surface area contributed by atoms with Gasteiger partial charge in [-0.1, -0.05) is 39.7 Å². The molecular weight excluding hydrogens is 354 g/mol. The van der Waals surface area contributed by atoms with Crippen molar-refractivity contribution >= 4 is 27.5 Å². The average Bonchev–Trinajstić information content (AvgIpc) is 2.47. The zero-order chi connectivity index (χ0) is 15.4. The van der Waals surface area contributed by atoms with Crippen LogP contribution in [0.15, 0.2) is 46.9 Å². The van der Waals surface area contributed by atoms with Crippen LogP contribution >= 0.6 is 27.5 Å². The Hall–Kier alpha value is -1.07. The number of nitrogens with two attached hydrogens (primary N) is 1. The number of aliphatic hydroxyl groups excluding tert-OH is 1. The van der Waals surface area contributed by atoms with Gasteiger partial charge in [-0.05, 0) is 41.5 Å².